The van der Waals surface area contributed by atoms with Crippen LogP contribution in [0.5, 0.6) is 0 Å². The maximum atomic E-state index is 5.67. The van der Waals surface area contributed by atoms with Crippen LogP contribution in [0.3, 0.4) is 0 Å². The Morgan fingerprint density at radius 2 is 2.21 bits per heavy atom. The van der Waals surface area contributed by atoms with E-state index in [2.05, 4.69) is 36.1 Å². The molecule has 1 aromatic rings. The van der Waals surface area contributed by atoms with Crippen molar-refractivity contribution in [3.63, 3.8) is 0 Å². The largest absolute Gasteiger partial charge is 0.369 e. The number of anilines is 1. The first-order valence-corrected chi connectivity index (χ1v) is 5.14. The lowest BCUT2D eigenvalue weighted by Crippen LogP contribution is -2.22. The summed E-state index contributed by atoms with van der Waals surface area (Å²) < 4.78 is 0. The number of hydrogen-bond acceptors (Lipinski definition) is 3. The van der Waals surface area contributed by atoms with Crippen LogP contribution >= 0.6 is 11.6 Å². The molecule has 0 unspecified atom stereocenters. The molecule has 1 rings (SSSR count). The Bertz CT molecular complexity index is 299. The second kappa shape index (κ2) is 4.60. The number of nitrogens with one attached hydrogen (secondary N) is 1. The summed E-state index contributed by atoms with van der Waals surface area (Å²) >= 11 is 5.67. The maximum absolute atomic E-state index is 5.67. The third-order valence-corrected chi connectivity index (χ3v) is 2.51. The number of aromatic nitrogens is 2. The van der Waals surface area contributed by atoms with Gasteiger partial charge >= 0.3 is 0 Å². The van der Waals surface area contributed by atoms with Crippen LogP contribution in [0.2, 0.25) is 5.28 Å². The van der Waals surface area contributed by atoms with Crippen LogP contribution < -0.4 is 5.32 Å². The Labute approximate surface area is 89.9 Å². The van der Waals surface area contributed by atoms with Gasteiger partial charge in [-0.05, 0) is 29.5 Å². The summed E-state index contributed by atoms with van der Waals surface area (Å²) in [5.74, 6) is 0.784. The van der Waals surface area contributed by atoms with Crippen molar-refractivity contribution in [1.29, 1.82) is 0 Å². The van der Waals surface area contributed by atoms with Crippen LogP contribution in [-0.2, 0) is 0 Å². The normalized spacial score (nSPS) is 11.4. The highest BCUT2D eigenvalue weighted by Gasteiger charge is 2.14. The van der Waals surface area contributed by atoms with E-state index in [0.29, 0.717) is 0 Å². The van der Waals surface area contributed by atoms with Gasteiger partial charge in [-0.25, -0.2) is 9.97 Å². The standard InChI is InChI=1S/C10H16ClN3/c1-4-10(2,3)7-13-8-5-6-12-9(11)14-8/h5-6H,4,7H2,1-3H3,(H,12,13,14). The molecule has 0 aliphatic rings. The predicted octanol–water partition coefficient (Wildman–Crippen LogP) is 2.98. The minimum atomic E-state index is 0.275. The molecule has 0 aliphatic heterocycles. The fraction of sp³-hybridized carbons (Fsp3) is 0.600. The molecule has 0 aliphatic carbocycles. The average Bonchev–Trinajstić information content (AvgIpc) is 2.15. The zero-order valence-electron chi connectivity index (χ0n) is 8.84. The zero-order valence-corrected chi connectivity index (χ0v) is 9.60. The summed E-state index contributed by atoms with van der Waals surface area (Å²) in [5.41, 5.74) is 0.275. The molecular weight excluding hydrogens is 198 g/mol. The summed E-state index contributed by atoms with van der Waals surface area (Å²) in [7, 11) is 0. The van der Waals surface area contributed by atoms with Crippen molar-refractivity contribution in [3.8, 4) is 0 Å². The van der Waals surface area contributed by atoms with E-state index in [4.69, 9.17) is 11.6 Å². The van der Waals surface area contributed by atoms with Gasteiger partial charge in [-0.3, -0.25) is 0 Å². The first-order valence-electron chi connectivity index (χ1n) is 4.76. The molecule has 0 atom stereocenters. The Balaban J connectivity index is 2.54. The van der Waals surface area contributed by atoms with E-state index in [0.717, 1.165) is 18.8 Å². The minimum absolute atomic E-state index is 0.275. The lowest BCUT2D eigenvalue weighted by Gasteiger charge is -2.23. The number of hydrogen-bond donors (Lipinski definition) is 1. The summed E-state index contributed by atoms with van der Waals surface area (Å²) in [4.78, 5) is 7.87. The third-order valence-electron chi connectivity index (χ3n) is 2.33. The highest BCUT2D eigenvalue weighted by Crippen LogP contribution is 2.19. The van der Waals surface area contributed by atoms with Gasteiger partial charge in [-0.15, -0.1) is 0 Å². The van der Waals surface area contributed by atoms with Gasteiger partial charge < -0.3 is 5.32 Å². The summed E-state index contributed by atoms with van der Waals surface area (Å²) in [6, 6.07) is 1.82. The number of rotatable bonds is 4. The summed E-state index contributed by atoms with van der Waals surface area (Å²) in [6.45, 7) is 7.48. The van der Waals surface area contributed by atoms with Crippen molar-refractivity contribution in [3.05, 3.63) is 17.5 Å². The monoisotopic (exact) mass is 213 g/mol. The van der Waals surface area contributed by atoms with E-state index >= 15 is 0 Å². The number of halogens is 1. The molecule has 0 fully saturated rings. The molecule has 4 heteroatoms. The molecule has 1 aromatic heterocycles. The molecular formula is C10H16ClN3. The first-order chi connectivity index (χ1) is 6.53. The van der Waals surface area contributed by atoms with Gasteiger partial charge in [0.2, 0.25) is 5.28 Å². The lowest BCUT2D eigenvalue weighted by molar-refractivity contribution is 0.376. The van der Waals surface area contributed by atoms with E-state index in [-0.39, 0.29) is 10.7 Å². The molecule has 1 heterocycles. The van der Waals surface area contributed by atoms with Gasteiger partial charge in [0.25, 0.3) is 0 Å². The Morgan fingerprint density at radius 1 is 1.50 bits per heavy atom. The van der Waals surface area contributed by atoms with Crippen molar-refractivity contribution in [2.24, 2.45) is 5.41 Å². The van der Waals surface area contributed by atoms with Gasteiger partial charge in [-0.2, -0.15) is 0 Å². The van der Waals surface area contributed by atoms with Gasteiger partial charge in [0.15, 0.2) is 0 Å². The molecule has 14 heavy (non-hydrogen) atoms. The lowest BCUT2D eigenvalue weighted by atomic mass is 9.90. The first kappa shape index (κ1) is 11.2. The highest BCUT2D eigenvalue weighted by atomic mass is 35.5. The summed E-state index contributed by atoms with van der Waals surface area (Å²) in [5, 5.41) is 3.52. The fourth-order valence-electron chi connectivity index (χ4n) is 0.888. The van der Waals surface area contributed by atoms with E-state index < -0.39 is 0 Å². The maximum Gasteiger partial charge on any atom is 0.224 e. The van der Waals surface area contributed by atoms with Crippen molar-refractivity contribution in [1.82, 2.24) is 9.97 Å². The molecule has 0 bridgehead atoms. The SMILES string of the molecule is CCC(C)(C)CNc1ccnc(Cl)n1. The predicted molar refractivity (Wildman–Crippen MR) is 59.6 cm³/mol. The summed E-state index contributed by atoms with van der Waals surface area (Å²) in [6.07, 6.45) is 2.77. The topological polar surface area (TPSA) is 37.8 Å². The van der Waals surface area contributed by atoms with E-state index in [1.54, 1.807) is 6.20 Å². The molecule has 0 aromatic carbocycles. The zero-order chi connectivity index (χ0) is 10.6. The van der Waals surface area contributed by atoms with Crippen molar-refractivity contribution >= 4 is 17.4 Å². The average molecular weight is 214 g/mol. The van der Waals surface area contributed by atoms with E-state index in [1.807, 2.05) is 6.07 Å². The minimum Gasteiger partial charge on any atom is -0.369 e. The highest BCUT2D eigenvalue weighted by molar-refractivity contribution is 6.28. The van der Waals surface area contributed by atoms with Gasteiger partial charge in [-0.1, -0.05) is 20.8 Å². The second-order valence-corrected chi connectivity index (χ2v) is 4.42. The van der Waals surface area contributed by atoms with Crippen LogP contribution in [-0.4, -0.2) is 16.5 Å². The third kappa shape index (κ3) is 3.50. The van der Waals surface area contributed by atoms with Crippen molar-refractivity contribution in [2.75, 3.05) is 11.9 Å². The molecule has 1 N–H and O–H groups in total. The molecule has 0 saturated heterocycles. The van der Waals surface area contributed by atoms with Gasteiger partial charge in [0, 0.05) is 12.7 Å². The van der Waals surface area contributed by atoms with Gasteiger partial charge in [0.05, 0.1) is 0 Å². The van der Waals surface area contributed by atoms with Gasteiger partial charge in [0.1, 0.15) is 5.82 Å². The number of nitrogens with zero attached hydrogens (tertiary/aromatic N) is 2. The molecule has 0 saturated carbocycles. The smallest absolute Gasteiger partial charge is 0.224 e. The molecule has 0 amide bonds. The van der Waals surface area contributed by atoms with Crippen LogP contribution in [0.4, 0.5) is 5.82 Å². The molecule has 3 nitrogen and oxygen atoms in total. The fourth-order valence-corrected chi connectivity index (χ4v) is 1.04. The molecule has 78 valence electrons. The molecule has 0 radical (unpaired) electrons. The molecule has 0 spiro atoms. The quantitative estimate of drug-likeness (QED) is 0.782. The second-order valence-electron chi connectivity index (χ2n) is 4.08. The van der Waals surface area contributed by atoms with E-state index in [9.17, 15) is 0 Å². The van der Waals surface area contributed by atoms with E-state index in [1.165, 1.54) is 0 Å². The van der Waals surface area contributed by atoms with Crippen LogP contribution in [0.1, 0.15) is 27.2 Å². The van der Waals surface area contributed by atoms with Crippen LogP contribution in [0.25, 0.3) is 0 Å². The van der Waals surface area contributed by atoms with Crippen LogP contribution in [0.15, 0.2) is 12.3 Å². The Hall–Kier alpha value is -0.830. The van der Waals surface area contributed by atoms with Crippen molar-refractivity contribution in [2.45, 2.75) is 27.2 Å². The van der Waals surface area contributed by atoms with Crippen molar-refractivity contribution < 1.29 is 0 Å². The Kier molecular flexibility index (Phi) is 3.69. The Morgan fingerprint density at radius 3 is 2.79 bits per heavy atom. The van der Waals surface area contributed by atoms with Crippen LogP contribution in [0, 0.1) is 5.41 Å².